The molecule has 0 aliphatic carbocycles. The van der Waals surface area contributed by atoms with Gasteiger partial charge in [0.2, 0.25) is 0 Å². The SMILES string of the molecule is CCCOC(O)C(O)(CC(O)CCl)C(O)(CC(O)CCl)CC(O)CCl. The highest BCUT2D eigenvalue weighted by Crippen LogP contribution is 2.39. The number of aliphatic hydroxyl groups excluding tert-OH is 4. The van der Waals surface area contributed by atoms with Crippen LogP contribution in [0.5, 0.6) is 0 Å². The molecular formula is C15H29Cl3O7. The van der Waals surface area contributed by atoms with Crippen LogP contribution in [0.3, 0.4) is 0 Å². The first-order valence-electron chi connectivity index (χ1n) is 8.06. The Kier molecular flexibility index (Phi) is 12.4. The fraction of sp³-hybridized carbons (Fsp3) is 1.00. The van der Waals surface area contributed by atoms with Gasteiger partial charge in [0.25, 0.3) is 0 Å². The van der Waals surface area contributed by atoms with Crippen LogP contribution in [0.2, 0.25) is 0 Å². The summed E-state index contributed by atoms with van der Waals surface area (Å²) < 4.78 is 5.14. The third-order valence-corrected chi connectivity index (χ3v) is 4.99. The van der Waals surface area contributed by atoms with E-state index in [1.54, 1.807) is 6.92 Å². The molecule has 0 fully saturated rings. The van der Waals surface area contributed by atoms with Crippen LogP contribution in [0.25, 0.3) is 0 Å². The van der Waals surface area contributed by atoms with Crippen molar-refractivity contribution in [2.75, 3.05) is 24.2 Å². The zero-order valence-electron chi connectivity index (χ0n) is 14.2. The number of halogens is 3. The van der Waals surface area contributed by atoms with Gasteiger partial charge in [0, 0.05) is 43.5 Å². The van der Waals surface area contributed by atoms with E-state index in [0.29, 0.717) is 6.42 Å². The molecule has 0 aliphatic heterocycles. The Bertz CT molecular complexity index is 352. The quantitative estimate of drug-likeness (QED) is 0.172. The maximum atomic E-state index is 11.1. The second kappa shape index (κ2) is 12.1. The molecule has 7 nitrogen and oxygen atoms in total. The highest BCUT2D eigenvalue weighted by molar-refractivity contribution is 6.18. The number of hydrogen-bond acceptors (Lipinski definition) is 7. The number of alkyl halides is 3. The molecule has 0 bridgehead atoms. The monoisotopic (exact) mass is 426 g/mol. The van der Waals surface area contributed by atoms with E-state index in [1.807, 2.05) is 0 Å². The molecule has 152 valence electrons. The second-order valence-corrected chi connectivity index (χ2v) is 7.14. The van der Waals surface area contributed by atoms with E-state index in [4.69, 9.17) is 39.5 Å². The minimum Gasteiger partial charge on any atom is -0.392 e. The zero-order valence-corrected chi connectivity index (χ0v) is 16.5. The minimum atomic E-state index is -2.43. The van der Waals surface area contributed by atoms with Crippen molar-refractivity contribution < 1.29 is 35.4 Å². The smallest absolute Gasteiger partial charge is 0.186 e. The van der Waals surface area contributed by atoms with Gasteiger partial charge in [-0.05, 0) is 6.42 Å². The molecule has 0 saturated heterocycles. The summed E-state index contributed by atoms with van der Waals surface area (Å²) in [6.07, 6.45) is -6.66. The van der Waals surface area contributed by atoms with Crippen molar-refractivity contribution in [2.24, 2.45) is 0 Å². The molecule has 0 aromatic heterocycles. The van der Waals surface area contributed by atoms with Crippen molar-refractivity contribution in [1.82, 2.24) is 0 Å². The van der Waals surface area contributed by atoms with Gasteiger partial charge in [-0.1, -0.05) is 6.92 Å². The Morgan fingerprint density at radius 2 is 1.20 bits per heavy atom. The maximum absolute atomic E-state index is 11.1. The average Bonchev–Trinajstić information content (AvgIpc) is 2.58. The first-order chi connectivity index (χ1) is 11.6. The molecule has 0 heterocycles. The average molecular weight is 428 g/mol. The predicted octanol–water partition coefficient (Wildman–Crippen LogP) is 0.163. The van der Waals surface area contributed by atoms with Gasteiger partial charge >= 0.3 is 0 Å². The summed E-state index contributed by atoms with van der Waals surface area (Å²) in [6, 6.07) is 0. The van der Waals surface area contributed by atoms with Crippen LogP contribution in [-0.2, 0) is 4.74 Å². The van der Waals surface area contributed by atoms with Gasteiger partial charge in [0.1, 0.15) is 11.2 Å². The first kappa shape index (κ1) is 25.6. The van der Waals surface area contributed by atoms with Crippen LogP contribution < -0.4 is 0 Å². The van der Waals surface area contributed by atoms with Crippen molar-refractivity contribution in [2.45, 2.75) is 68.4 Å². The number of ether oxygens (including phenoxy) is 1. The van der Waals surface area contributed by atoms with Crippen LogP contribution in [0.1, 0.15) is 32.6 Å². The first-order valence-corrected chi connectivity index (χ1v) is 9.67. The van der Waals surface area contributed by atoms with E-state index in [-0.39, 0.29) is 24.2 Å². The molecular weight excluding hydrogens is 399 g/mol. The normalized spacial score (nSPS) is 21.8. The van der Waals surface area contributed by atoms with E-state index < -0.39 is 55.1 Å². The fourth-order valence-corrected chi connectivity index (χ4v) is 2.95. The topological polar surface area (TPSA) is 131 Å². The second-order valence-electron chi connectivity index (χ2n) is 6.22. The molecule has 25 heavy (non-hydrogen) atoms. The third-order valence-electron chi connectivity index (χ3n) is 3.92. The van der Waals surface area contributed by atoms with Crippen molar-refractivity contribution in [3.8, 4) is 0 Å². The summed E-state index contributed by atoms with van der Waals surface area (Å²) in [6.45, 7) is 1.85. The van der Waals surface area contributed by atoms with Crippen molar-refractivity contribution in [3.63, 3.8) is 0 Å². The van der Waals surface area contributed by atoms with Crippen LogP contribution in [0, 0.1) is 0 Å². The van der Waals surface area contributed by atoms with Crippen molar-refractivity contribution in [3.05, 3.63) is 0 Å². The molecule has 0 saturated carbocycles. The summed E-state index contributed by atoms with van der Waals surface area (Å²) in [5.41, 5.74) is -4.69. The van der Waals surface area contributed by atoms with Gasteiger partial charge < -0.3 is 35.4 Å². The molecule has 0 amide bonds. The van der Waals surface area contributed by atoms with Gasteiger partial charge in [-0.3, -0.25) is 0 Å². The molecule has 0 aromatic rings. The lowest BCUT2D eigenvalue weighted by molar-refractivity contribution is -0.294. The summed E-state index contributed by atoms with van der Waals surface area (Å²) in [4.78, 5) is 0. The Hall–Kier alpha value is 0.590. The molecule has 0 aromatic carbocycles. The minimum absolute atomic E-state index is 0.0760. The van der Waals surface area contributed by atoms with Crippen molar-refractivity contribution >= 4 is 34.8 Å². The maximum Gasteiger partial charge on any atom is 0.186 e. The summed E-state index contributed by atoms with van der Waals surface area (Å²) in [5, 5.41) is 62.1. The third kappa shape index (κ3) is 7.62. The number of rotatable bonds is 14. The lowest BCUT2D eigenvalue weighted by Crippen LogP contribution is -2.65. The van der Waals surface area contributed by atoms with Gasteiger partial charge in [-0.15, -0.1) is 34.8 Å². The summed E-state index contributed by atoms with van der Waals surface area (Å²) >= 11 is 16.7. The molecule has 0 spiro atoms. The van der Waals surface area contributed by atoms with E-state index >= 15 is 0 Å². The van der Waals surface area contributed by atoms with Gasteiger partial charge in [0.15, 0.2) is 6.29 Å². The van der Waals surface area contributed by atoms with Crippen LogP contribution in [0.15, 0.2) is 0 Å². The lowest BCUT2D eigenvalue weighted by Gasteiger charge is -2.48. The lowest BCUT2D eigenvalue weighted by atomic mass is 9.72. The van der Waals surface area contributed by atoms with E-state index in [9.17, 15) is 30.6 Å². The highest BCUT2D eigenvalue weighted by atomic mass is 35.5. The van der Waals surface area contributed by atoms with Gasteiger partial charge in [0.05, 0.1) is 18.3 Å². The fourth-order valence-electron chi connectivity index (χ4n) is 2.63. The van der Waals surface area contributed by atoms with Gasteiger partial charge in [-0.25, -0.2) is 0 Å². The van der Waals surface area contributed by atoms with Crippen LogP contribution in [-0.4, -0.2) is 90.7 Å². The molecule has 5 unspecified atom stereocenters. The molecule has 6 N–H and O–H groups in total. The number of hydrogen-bond donors (Lipinski definition) is 6. The van der Waals surface area contributed by atoms with E-state index in [0.717, 1.165) is 0 Å². The van der Waals surface area contributed by atoms with Crippen LogP contribution >= 0.6 is 34.8 Å². The highest BCUT2D eigenvalue weighted by Gasteiger charge is 2.56. The van der Waals surface area contributed by atoms with Crippen LogP contribution in [0.4, 0.5) is 0 Å². The molecule has 5 atom stereocenters. The van der Waals surface area contributed by atoms with E-state index in [1.165, 1.54) is 0 Å². The Morgan fingerprint density at radius 1 is 0.800 bits per heavy atom. The summed E-state index contributed by atoms with van der Waals surface area (Å²) in [5.74, 6) is -0.770. The molecule has 10 heteroatoms. The largest absolute Gasteiger partial charge is 0.392 e. The Morgan fingerprint density at radius 3 is 1.56 bits per heavy atom. The Labute approximate surface area is 163 Å². The Balaban J connectivity index is 5.83. The predicted molar refractivity (Wildman–Crippen MR) is 96.2 cm³/mol. The molecule has 0 aliphatic rings. The summed E-state index contributed by atoms with van der Waals surface area (Å²) in [7, 11) is 0. The molecule has 0 radical (unpaired) electrons. The molecule has 0 rings (SSSR count). The number of aliphatic hydroxyl groups is 6. The zero-order chi connectivity index (χ0) is 19.7. The van der Waals surface area contributed by atoms with Gasteiger partial charge in [-0.2, -0.15) is 0 Å². The van der Waals surface area contributed by atoms with E-state index in [2.05, 4.69) is 0 Å². The van der Waals surface area contributed by atoms with Crippen molar-refractivity contribution in [1.29, 1.82) is 0 Å². The standard InChI is InChI=1S/C15H29Cl3O7/c1-2-3-25-13(22)15(24,6-12(21)9-18)14(23,4-10(19)7-16)5-11(20)8-17/h10-13,19-24H,2-9H2,1H3.